The number of anilines is 1. The molecule has 0 radical (unpaired) electrons. The molecular weight excluding hydrogens is 261 g/mol. The first-order valence-corrected chi connectivity index (χ1v) is 6.43. The molecule has 1 aromatic heterocycles. The fourth-order valence-electron chi connectivity index (χ4n) is 2.53. The van der Waals surface area contributed by atoms with Gasteiger partial charge in [0, 0.05) is 30.7 Å². The Kier molecular flexibility index (Phi) is 3.14. The number of aromatic nitrogens is 1. The van der Waals surface area contributed by atoms with Crippen LogP contribution in [0.5, 0.6) is 0 Å². The van der Waals surface area contributed by atoms with Crippen molar-refractivity contribution >= 4 is 22.7 Å². The van der Waals surface area contributed by atoms with Gasteiger partial charge in [-0.05, 0) is 30.7 Å². The van der Waals surface area contributed by atoms with E-state index in [1.807, 2.05) is 0 Å². The molecule has 1 fully saturated rings. The van der Waals surface area contributed by atoms with Gasteiger partial charge in [0.1, 0.15) is 5.82 Å². The molecule has 0 saturated carbocycles. The molecule has 0 unspecified atom stereocenters. The Bertz CT molecular complexity index is 662. The van der Waals surface area contributed by atoms with Crippen molar-refractivity contribution in [1.82, 2.24) is 9.88 Å². The predicted octanol–water partition coefficient (Wildman–Crippen LogP) is 2.54. The normalized spacial score (nSPS) is 18.4. The quantitative estimate of drug-likeness (QED) is 0.884. The van der Waals surface area contributed by atoms with Gasteiger partial charge in [-0.15, -0.1) is 0 Å². The summed E-state index contributed by atoms with van der Waals surface area (Å²) in [6, 6.07) is 6.49. The number of hydrogen-bond donors (Lipinski definition) is 2. The lowest BCUT2D eigenvalue weighted by Gasteiger charge is -2.17. The number of amides is 1. The van der Waals surface area contributed by atoms with Crippen molar-refractivity contribution in [2.45, 2.75) is 12.5 Å². The van der Waals surface area contributed by atoms with Crippen LogP contribution in [0.2, 0.25) is 0 Å². The smallest absolute Gasteiger partial charge is 0.407 e. The first-order chi connectivity index (χ1) is 9.65. The van der Waals surface area contributed by atoms with E-state index >= 15 is 0 Å². The highest BCUT2D eigenvalue weighted by Gasteiger charge is 2.26. The van der Waals surface area contributed by atoms with Crippen LogP contribution < -0.4 is 5.32 Å². The number of rotatable bonds is 2. The van der Waals surface area contributed by atoms with Gasteiger partial charge in [0.15, 0.2) is 0 Å². The van der Waals surface area contributed by atoms with Crippen molar-refractivity contribution in [3.8, 4) is 0 Å². The summed E-state index contributed by atoms with van der Waals surface area (Å²) in [4.78, 5) is 16.4. The van der Waals surface area contributed by atoms with Crippen molar-refractivity contribution < 1.29 is 14.3 Å². The Balaban J connectivity index is 1.88. The van der Waals surface area contributed by atoms with Gasteiger partial charge in [-0.1, -0.05) is 0 Å². The molecule has 0 spiro atoms. The average Bonchev–Trinajstić information content (AvgIpc) is 2.91. The lowest BCUT2D eigenvalue weighted by Crippen LogP contribution is -2.30. The van der Waals surface area contributed by atoms with Crippen LogP contribution >= 0.6 is 0 Å². The molecule has 104 valence electrons. The number of carboxylic acid groups (broad SMARTS) is 1. The number of nitrogens with zero attached hydrogens (tertiary/aromatic N) is 2. The van der Waals surface area contributed by atoms with Crippen molar-refractivity contribution in [1.29, 1.82) is 0 Å². The maximum atomic E-state index is 14.0. The largest absolute Gasteiger partial charge is 0.465 e. The topological polar surface area (TPSA) is 65.5 Å². The highest BCUT2D eigenvalue weighted by molar-refractivity contribution is 5.91. The molecule has 1 atom stereocenters. The van der Waals surface area contributed by atoms with E-state index in [0.29, 0.717) is 36.1 Å². The van der Waals surface area contributed by atoms with Crippen LogP contribution in [0.3, 0.4) is 0 Å². The minimum atomic E-state index is -0.936. The van der Waals surface area contributed by atoms with E-state index in [9.17, 15) is 9.18 Å². The summed E-state index contributed by atoms with van der Waals surface area (Å²) in [5.74, 6) is -0.348. The van der Waals surface area contributed by atoms with Gasteiger partial charge < -0.3 is 15.3 Å². The van der Waals surface area contributed by atoms with E-state index in [2.05, 4.69) is 10.3 Å². The minimum Gasteiger partial charge on any atom is -0.465 e. The van der Waals surface area contributed by atoms with Crippen LogP contribution in [-0.2, 0) is 0 Å². The molecule has 2 heterocycles. The minimum absolute atomic E-state index is 0.0774. The molecule has 0 bridgehead atoms. The van der Waals surface area contributed by atoms with Crippen molar-refractivity contribution in [3.63, 3.8) is 0 Å². The molecule has 6 heteroatoms. The second-order valence-corrected chi connectivity index (χ2v) is 4.85. The number of benzene rings is 1. The zero-order valence-corrected chi connectivity index (χ0v) is 10.7. The third-order valence-electron chi connectivity index (χ3n) is 3.54. The van der Waals surface area contributed by atoms with E-state index in [0.717, 1.165) is 0 Å². The molecule has 0 aliphatic carbocycles. The van der Waals surface area contributed by atoms with Crippen LogP contribution in [0.15, 0.2) is 30.5 Å². The number of nitrogens with one attached hydrogen (secondary N) is 1. The zero-order chi connectivity index (χ0) is 14.1. The molecule has 20 heavy (non-hydrogen) atoms. The highest BCUT2D eigenvalue weighted by atomic mass is 19.1. The van der Waals surface area contributed by atoms with Crippen LogP contribution in [0.1, 0.15) is 6.42 Å². The number of pyridine rings is 1. The standard InChI is InChI=1S/C14H14FN3O2/c15-11-3-4-12-10(2-1-6-16-12)13(11)17-9-5-7-18(8-9)14(19)20/h1-4,6,9,17H,5,7-8H2,(H,19,20)/t9-/m1/s1. The lowest BCUT2D eigenvalue weighted by atomic mass is 10.1. The van der Waals surface area contributed by atoms with Gasteiger partial charge in [-0.3, -0.25) is 4.98 Å². The molecule has 3 rings (SSSR count). The number of halogens is 1. The van der Waals surface area contributed by atoms with Crippen molar-refractivity contribution in [2.75, 3.05) is 18.4 Å². The van der Waals surface area contributed by atoms with E-state index in [4.69, 9.17) is 5.11 Å². The van der Waals surface area contributed by atoms with E-state index in [1.165, 1.54) is 11.0 Å². The maximum absolute atomic E-state index is 14.0. The summed E-state index contributed by atoms with van der Waals surface area (Å²) >= 11 is 0. The first kappa shape index (κ1) is 12.7. The van der Waals surface area contributed by atoms with Crippen LogP contribution in [-0.4, -0.2) is 40.2 Å². The molecular formula is C14H14FN3O2. The Morgan fingerprint density at radius 1 is 1.45 bits per heavy atom. The maximum Gasteiger partial charge on any atom is 0.407 e. The van der Waals surface area contributed by atoms with Crippen molar-refractivity contribution in [3.05, 3.63) is 36.3 Å². The molecule has 1 aliphatic rings. The first-order valence-electron chi connectivity index (χ1n) is 6.43. The van der Waals surface area contributed by atoms with Crippen molar-refractivity contribution in [2.24, 2.45) is 0 Å². The monoisotopic (exact) mass is 275 g/mol. The second kappa shape index (κ2) is 4.96. The molecule has 2 N–H and O–H groups in total. The Morgan fingerprint density at radius 3 is 3.05 bits per heavy atom. The lowest BCUT2D eigenvalue weighted by molar-refractivity contribution is 0.155. The van der Waals surface area contributed by atoms with Crippen LogP contribution in [0.25, 0.3) is 10.9 Å². The number of hydrogen-bond acceptors (Lipinski definition) is 3. The Morgan fingerprint density at radius 2 is 2.30 bits per heavy atom. The summed E-state index contributed by atoms with van der Waals surface area (Å²) in [5, 5.41) is 12.8. The molecule has 5 nitrogen and oxygen atoms in total. The Labute approximate surface area is 115 Å². The van der Waals surface area contributed by atoms with E-state index < -0.39 is 6.09 Å². The van der Waals surface area contributed by atoms with E-state index in [1.54, 1.807) is 24.4 Å². The fraction of sp³-hybridized carbons (Fsp3) is 0.286. The molecule has 1 aliphatic heterocycles. The second-order valence-electron chi connectivity index (χ2n) is 4.85. The summed E-state index contributed by atoms with van der Waals surface area (Å²) in [7, 11) is 0. The molecule has 1 saturated heterocycles. The highest BCUT2D eigenvalue weighted by Crippen LogP contribution is 2.27. The van der Waals surface area contributed by atoms with Gasteiger partial charge in [0.25, 0.3) is 0 Å². The third kappa shape index (κ3) is 2.24. The van der Waals surface area contributed by atoms with Gasteiger partial charge >= 0.3 is 6.09 Å². The summed E-state index contributed by atoms with van der Waals surface area (Å²) < 4.78 is 14.0. The number of fused-ring (bicyclic) bond motifs is 1. The summed E-state index contributed by atoms with van der Waals surface area (Å²) in [6.45, 7) is 0.836. The van der Waals surface area contributed by atoms with Gasteiger partial charge in [0.05, 0.1) is 11.2 Å². The molecule has 1 amide bonds. The van der Waals surface area contributed by atoms with Gasteiger partial charge in [0.2, 0.25) is 0 Å². The SMILES string of the molecule is O=C(O)N1CC[C@@H](Nc2c(F)ccc3ncccc23)C1. The number of carbonyl (C=O) groups is 1. The van der Waals surface area contributed by atoms with Crippen LogP contribution in [0, 0.1) is 5.82 Å². The average molecular weight is 275 g/mol. The predicted molar refractivity (Wildman–Crippen MR) is 73.3 cm³/mol. The fourth-order valence-corrected chi connectivity index (χ4v) is 2.53. The van der Waals surface area contributed by atoms with Crippen LogP contribution in [0.4, 0.5) is 14.9 Å². The number of likely N-dealkylation sites (tertiary alicyclic amines) is 1. The van der Waals surface area contributed by atoms with E-state index in [-0.39, 0.29) is 11.9 Å². The third-order valence-corrected chi connectivity index (χ3v) is 3.54. The molecule has 1 aromatic carbocycles. The van der Waals surface area contributed by atoms with Gasteiger partial charge in [-0.2, -0.15) is 0 Å². The summed E-state index contributed by atoms with van der Waals surface area (Å²) in [5.41, 5.74) is 1.11. The van der Waals surface area contributed by atoms with Gasteiger partial charge in [-0.25, -0.2) is 9.18 Å². The zero-order valence-electron chi connectivity index (χ0n) is 10.7. The summed E-state index contributed by atoms with van der Waals surface area (Å²) in [6.07, 6.45) is 1.39. The molecule has 2 aromatic rings. The Hall–Kier alpha value is -2.37.